The Morgan fingerprint density at radius 3 is 2.21 bits per heavy atom. The lowest BCUT2D eigenvalue weighted by molar-refractivity contribution is -0.140. The van der Waals surface area contributed by atoms with E-state index in [2.05, 4.69) is 5.32 Å². The van der Waals surface area contributed by atoms with Gasteiger partial charge in [0, 0.05) is 22.6 Å². The second-order valence-electron chi connectivity index (χ2n) is 10.6. The summed E-state index contributed by atoms with van der Waals surface area (Å²) in [7, 11) is -4.18. The molecule has 0 saturated heterocycles. The highest BCUT2D eigenvalue weighted by atomic mass is 35.5. The molecular weight excluding hydrogens is 593 g/mol. The summed E-state index contributed by atoms with van der Waals surface area (Å²) in [4.78, 5) is 29.4. The number of carbonyl (C=O) groups is 2. The molecule has 10 heteroatoms. The Morgan fingerprint density at radius 2 is 1.55 bits per heavy atom. The third-order valence-corrected chi connectivity index (χ3v) is 10.3. The molecule has 1 aliphatic rings. The normalized spacial score (nSPS) is 14.7. The number of amides is 2. The average Bonchev–Trinajstić information content (AvgIpc) is 2.99. The van der Waals surface area contributed by atoms with Gasteiger partial charge in [-0.05, 0) is 67.6 Å². The topological polar surface area (TPSA) is 86.8 Å². The fourth-order valence-electron chi connectivity index (χ4n) is 5.37. The fourth-order valence-corrected chi connectivity index (χ4v) is 7.23. The van der Waals surface area contributed by atoms with Crippen molar-refractivity contribution in [3.8, 4) is 0 Å². The lowest BCUT2D eigenvalue weighted by Gasteiger charge is -2.35. The van der Waals surface area contributed by atoms with E-state index in [1.807, 2.05) is 13.0 Å². The standard InChI is InChI=1S/C32H37Cl2N3O4S/c1-3-29(32(39)35-25-14-6-4-7-15-25)36(21-24-13-10-11-18-28(24)34)31(38)22-37(30-20-12-19-27(33)23(30)2)42(40,41)26-16-8-5-9-17-26/h5,8-13,16-20,25,29H,3-4,6-7,14-15,21-22H2,1-2H3,(H,35,39)/t29-/m1/s1. The van der Waals surface area contributed by atoms with E-state index in [9.17, 15) is 18.0 Å². The minimum atomic E-state index is -4.18. The first-order valence-electron chi connectivity index (χ1n) is 14.3. The number of benzene rings is 3. The van der Waals surface area contributed by atoms with Gasteiger partial charge in [-0.25, -0.2) is 8.42 Å². The molecule has 0 heterocycles. The summed E-state index contributed by atoms with van der Waals surface area (Å²) in [6.07, 6.45) is 5.39. The largest absolute Gasteiger partial charge is 0.352 e. The van der Waals surface area contributed by atoms with Crippen molar-refractivity contribution >= 4 is 50.7 Å². The Hall–Kier alpha value is -3.07. The van der Waals surface area contributed by atoms with Gasteiger partial charge >= 0.3 is 0 Å². The molecule has 0 aliphatic heterocycles. The first kappa shape index (κ1) is 31.9. The summed E-state index contributed by atoms with van der Waals surface area (Å²) in [6.45, 7) is 3.07. The van der Waals surface area contributed by atoms with Gasteiger partial charge in [0.25, 0.3) is 10.0 Å². The van der Waals surface area contributed by atoms with Crippen LogP contribution in [-0.2, 0) is 26.2 Å². The Kier molecular flexibility index (Phi) is 10.9. The lowest BCUT2D eigenvalue weighted by Crippen LogP contribution is -2.54. The van der Waals surface area contributed by atoms with E-state index in [1.54, 1.807) is 61.5 Å². The summed E-state index contributed by atoms with van der Waals surface area (Å²) < 4.78 is 29.1. The summed E-state index contributed by atoms with van der Waals surface area (Å²) in [6, 6.07) is 19.3. The summed E-state index contributed by atoms with van der Waals surface area (Å²) >= 11 is 12.9. The summed E-state index contributed by atoms with van der Waals surface area (Å²) in [5, 5.41) is 3.98. The minimum absolute atomic E-state index is 0.0388. The third-order valence-electron chi connectivity index (χ3n) is 7.75. The number of nitrogens with zero attached hydrogens (tertiary/aromatic N) is 2. The average molecular weight is 631 g/mol. The zero-order valence-corrected chi connectivity index (χ0v) is 26.3. The van der Waals surface area contributed by atoms with Crippen LogP contribution < -0.4 is 9.62 Å². The Bertz CT molecular complexity index is 1490. The number of hydrogen-bond donors (Lipinski definition) is 1. The van der Waals surface area contributed by atoms with Crippen LogP contribution in [0.25, 0.3) is 0 Å². The van der Waals surface area contributed by atoms with E-state index in [0.29, 0.717) is 27.6 Å². The predicted molar refractivity (Wildman–Crippen MR) is 168 cm³/mol. The lowest BCUT2D eigenvalue weighted by atomic mass is 9.95. The molecule has 0 bridgehead atoms. The highest BCUT2D eigenvalue weighted by Gasteiger charge is 2.35. The monoisotopic (exact) mass is 629 g/mol. The molecule has 224 valence electrons. The molecule has 1 atom stereocenters. The van der Waals surface area contributed by atoms with Crippen molar-refractivity contribution in [2.24, 2.45) is 0 Å². The molecule has 42 heavy (non-hydrogen) atoms. The fraction of sp³-hybridized carbons (Fsp3) is 0.375. The van der Waals surface area contributed by atoms with Crippen LogP contribution in [0.3, 0.4) is 0 Å². The van der Waals surface area contributed by atoms with E-state index < -0.39 is 28.5 Å². The number of carbonyl (C=O) groups excluding carboxylic acids is 2. The second-order valence-corrected chi connectivity index (χ2v) is 13.3. The van der Waals surface area contributed by atoms with Gasteiger partial charge in [-0.1, -0.05) is 91.9 Å². The molecule has 1 saturated carbocycles. The van der Waals surface area contributed by atoms with Gasteiger partial charge in [0.05, 0.1) is 10.6 Å². The van der Waals surface area contributed by atoms with Crippen LogP contribution in [0, 0.1) is 6.92 Å². The molecule has 1 aliphatic carbocycles. The van der Waals surface area contributed by atoms with Crippen LogP contribution in [0.5, 0.6) is 0 Å². The Labute approximate surface area is 258 Å². The molecule has 0 spiro atoms. The van der Waals surface area contributed by atoms with Gasteiger partial charge in [-0.3, -0.25) is 13.9 Å². The number of halogens is 2. The van der Waals surface area contributed by atoms with Crippen molar-refractivity contribution in [2.75, 3.05) is 10.8 Å². The zero-order valence-electron chi connectivity index (χ0n) is 23.9. The van der Waals surface area contributed by atoms with E-state index in [-0.39, 0.29) is 29.1 Å². The molecule has 4 rings (SSSR count). The van der Waals surface area contributed by atoms with Crippen molar-refractivity contribution in [3.63, 3.8) is 0 Å². The second kappa shape index (κ2) is 14.4. The van der Waals surface area contributed by atoms with Crippen molar-refractivity contribution in [2.45, 2.75) is 75.9 Å². The van der Waals surface area contributed by atoms with Crippen molar-refractivity contribution in [1.29, 1.82) is 0 Å². The number of hydrogen-bond acceptors (Lipinski definition) is 4. The van der Waals surface area contributed by atoms with Crippen LogP contribution in [0.15, 0.2) is 77.7 Å². The van der Waals surface area contributed by atoms with Crippen LogP contribution in [0.2, 0.25) is 10.0 Å². The quantitative estimate of drug-likeness (QED) is 0.254. The zero-order chi connectivity index (χ0) is 30.3. The highest BCUT2D eigenvalue weighted by Crippen LogP contribution is 2.31. The third kappa shape index (κ3) is 7.46. The molecule has 0 unspecified atom stereocenters. The van der Waals surface area contributed by atoms with Crippen LogP contribution >= 0.6 is 23.2 Å². The minimum Gasteiger partial charge on any atom is -0.352 e. The van der Waals surface area contributed by atoms with E-state index in [4.69, 9.17) is 23.2 Å². The van der Waals surface area contributed by atoms with Gasteiger partial charge in [-0.15, -0.1) is 0 Å². The maximum Gasteiger partial charge on any atom is 0.264 e. The van der Waals surface area contributed by atoms with E-state index >= 15 is 0 Å². The first-order valence-corrected chi connectivity index (χ1v) is 16.5. The maximum absolute atomic E-state index is 14.3. The van der Waals surface area contributed by atoms with Gasteiger partial charge < -0.3 is 10.2 Å². The van der Waals surface area contributed by atoms with Gasteiger partial charge in [0.15, 0.2) is 0 Å². The van der Waals surface area contributed by atoms with E-state index in [1.165, 1.54) is 17.0 Å². The van der Waals surface area contributed by atoms with Gasteiger partial charge in [0.2, 0.25) is 11.8 Å². The van der Waals surface area contributed by atoms with Crippen molar-refractivity contribution in [1.82, 2.24) is 10.2 Å². The van der Waals surface area contributed by atoms with Crippen LogP contribution in [0.1, 0.15) is 56.6 Å². The molecule has 0 radical (unpaired) electrons. The first-order chi connectivity index (χ1) is 20.1. The maximum atomic E-state index is 14.3. The number of anilines is 1. The molecule has 1 fully saturated rings. The summed E-state index contributed by atoms with van der Waals surface area (Å²) in [5.41, 5.74) is 1.47. The van der Waals surface area contributed by atoms with Crippen molar-refractivity contribution in [3.05, 3.63) is 94.0 Å². The number of nitrogens with one attached hydrogen (secondary N) is 1. The van der Waals surface area contributed by atoms with Gasteiger partial charge in [0.1, 0.15) is 12.6 Å². The Morgan fingerprint density at radius 1 is 0.905 bits per heavy atom. The molecule has 3 aromatic carbocycles. The molecule has 2 amide bonds. The van der Waals surface area contributed by atoms with Crippen molar-refractivity contribution < 1.29 is 18.0 Å². The molecule has 0 aromatic heterocycles. The number of sulfonamides is 1. The summed E-state index contributed by atoms with van der Waals surface area (Å²) in [5.74, 6) is -0.777. The van der Waals surface area contributed by atoms with Crippen LogP contribution in [-0.4, -0.2) is 43.8 Å². The SMILES string of the molecule is CC[C@H](C(=O)NC1CCCCC1)N(Cc1ccccc1Cl)C(=O)CN(c1cccc(Cl)c1C)S(=O)(=O)c1ccccc1. The Balaban J connectivity index is 1.74. The smallest absolute Gasteiger partial charge is 0.264 e. The van der Waals surface area contributed by atoms with E-state index in [0.717, 1.165) is 36.4 Å². The predicted octanol–water partition coefficient (Wildman–Crippen LogP) is 6.75. The molecule has 1 N–H and O–H groups in total. The van der Waals surface area contributed by atoms with Gasteiger partial charge in [-0.2, -0.15) is 0 Å². The molecular formula is C32H37Cl2N3O4S. The molecule has 7 nitrogen and oxygen atoms in total. The highest BCUT2D eigenvalue weighted by molar-refractivity contribution is 7.92. The van der Waals surface area contributed by atoms with Crippen LogP contribution in [0.4, 0.5) is 5.69 Å². The molecule has 3 aromatic rings. The number of rotatable bonds is 11.